The van der Waals surface area contributed by atoms with Crippen LogP contribution >= 0.6 is 0 Å². The fraction of sp³-hybridized carbons (Fsp3) is 0.0444. The van der Waals surface area contributed by atoms with Crippen molar-refractivity contribution in [1.82, 2.24) is 24.9 Å². The molecule has 8 rings (SSSR count). The second-order valence-corrected chi connectivity index (χ2v) is 12.3. The first-order valence-electron chi connectivity index (χ1n) is 16.7. The molecule has 5 nitrogen and oxygen atoms in total. The lowest BCUT2D eigenvalue weighted by atomic mass is 9.96. The van der Waals surface area contributed by atoms with Crippen molar-refractivity contribution in [2.45, 2.75) is 13.3 Å². The maximum absolute atomic E-state index is 5.15. The Hall–Kier alpha value is -6.59. The zero-order valence-electron chi connectivity index (χ0n) is 27.6. The lowest BCUT2D eigenvalue weighted by Gasteiger charge is -2.14. The zero-order valence-corrected chi connectivity index (χ0v) is 27.6. The Bertz CT molecular complexity index is 2350. The standard InChI is InChI=1S/C45H33N5/c1-31-15-13-24-37(27-31)44-46-40(33-17-5-2-6-18-33)30-41(47-44)39-26-12-11-23-36(39)28-32-16-14-25-38(29-32)45-49-42(34-19-7-3-8-20-34)48-43(50-45)35-21-9-4-10-22-35/h2-27,29-30H,28H2,1H3. The highest BCUT2D eigenvalue weighted by Crippen LogP contribution is 2.32. The summed E-state index contributed by atoms with van der Waals surface area (Å²) in [5.41, 5.74) is 11.2. The summed E-state index contributed by atoms with van der Waals surface area (Å²) in [4.78, 5) is 25.0. The summed E-state index contributed by atoms with van der Waals surface area (Å²) in [5, 5.41) is 0. The molecule has 8 aromatic rings. The number of rotatable bonds is 8. The van der Waals surface area contributed by atoms with Gasteiger partial charge in [-0.2, -0.15) is 0 Å². The molecule has 0 aliphatic carbocycles. The van der Waals surface area contributed by atoms with Crippen LogP contribution in [-0.2, 0) is 6.42 Å². The van der Waals surface area contributed by atoms with Crippen molar-refractivity contribution in [3.63, 3.8) is 0 Å². The third-order valence-corrected chi connectivity index (χ3v) is 8.64. The first-order valence-corrected chi connectivity index (χ1v) is 16.7. The number of hydrogen-bond donors (Lipinski definition) is 0. The van der Waals surface area contributed by atoms with Gasteiger partial charge in [-0.05, 0) is 42.7 Å². The molecular formula is C45H33N5. The summed E-state index contributed by atoms with van der Waals surface area (Å²) >= 11 is 0. The molecule has 0 saturated heterocycles. The van der Waals surface area contributed by atoms with Gasteiger partial charge in [0.25, 0.3) is 0 Å². The van der Waals surface area contributed by atoms with Gasteiger partial charge in [0.2, 0.25) is 0 Å². The molecule has 0 fully saturated rings. The second-order valence-electron chi connectivity index (χ2n) is 12.3. The molecule has 0 radical (unpaired) electrons. The Kier molecular flexibility index (Phi) is 8.52. The van der Waals surface area contributed by atoms with Gasteiger partial charge in [-0.1, -0.05) is 157 Å². The molecule has 0 saturated carbocycles. The van der Waals surface area contributed by atoms with Gasteiger partial charge in [0.05, 0.1) is 11.4 Å². The zero-order chi connectivity index (χ0) is 33.7. The summed E-state index contributed by atoms with van der Waals surface area (Å²) in [6.07, 6.45) is 0.705. The van der Waals surface area contributed by atoms with Crippen molar-refractivity contribution in [3.8, 4) is 68.1 Å². The highest BCUT2D eigenvalue weighted by molar-refractivity contribution is 5.74. The molecule has 0 bridgehead atoms. The Labute approximate surface area is 292 Å². The van der Waals surface area contributed by atoms with Crippen LogP contribution in [-0.4, -0.2) is 24.9 Å². The van der Waals surface area contributed by atoms with Gasteiger partial charge < -0.3 is 0 Å². The predicted molar refractivity (Wildman–Crippen MR) is 202 cm³/mol. The van der Waals surface area contributed by atoms with Crippen molar-refractivity contribution in [1.29, 1.82) is 0 Å². The lowest BCUT2D eigenvalue weighted by Crippen LogP contribution is -2.01. The number of nitrogens with zero attached hydrogens (tertiary/aromatic N) is 5. The van der Waals surface area contributed by atoms with Crippen molar-refractivity contribution < 1.29 is 0 Å². The van der Waals surface area contributed by atoms with E-state index in [9.17, 15) is 0 Å². The van der Waals surface area contributed by atoms with Gasteiger partial charge >= 0.3 is 0 Å². The van der Waals surface area contributed by atoms with E-state index in [0.717, 1.165) is 50.3 Å². The van der Waals surface area contributed by atoms with Gasteiger partial charge in [0.1, 0.15) is 0 Å². The molecule has 0 aliphatic heterocycles. The third kappa shape index (κ3) is 6.71. The van der Waals surface area contributed by atoms with Crippen LogP contribution in [0.3, 0.4) is 0 Å². The molecular weight excluding hydrogens is 611 g/mol. The SMILES string of the molecule is Cc1cccc(-c2nc(-c3ccccc3)cc(-c3ccccc3Cc3cccc(-c4nc(-c5ccccc5)nc(-c5ccccc5)n4)c3)n2)c1. The minimum absolute atomic E-state index is 0.638. The van der Waals surface area contributed by atoms with Gasteiger partial charge in [0, 0.05) is 33.4 Å². The smallest absolute Gasteiger partial charge is 0.164 e. The van der Waals surface area contributed by atoms with Crippen LogP contribution in [0.25, 0.3) is 68.1 Å². The first kappa shape index (κ1) is 30.7. The molecule has 0 amide bonds. The number of hydrogen-bond acceptors (Lipinski definition) is 5. The van der Waals surface area contributed by atoms with Gasteiger partial charge in [0.15, 0.2) is 23.3 Å². The van der Waals surface area contributed by atoms with Crippen LogP contribution in [0, 0.1) is 6.92 Å². The van der Waals surface area contributed by atoms with E-state index in [-0.39, 0.29) is 0 Å². The molecule has 5 heteroatoms. The van der Waals surface area contributed by atoms with Crippen LogP contribution in [0.15, 0.2) is 170 Å². The van der Waals surface area contributed by atoms with Crippen LogP contribution in [0.5, 0.6) is 0 Å². The summed E-state index contributed by atoms with van der Waals surface area (Å²) < 4.78 is 0. The number of aromatic nitrogens is 5. The number of benzene rings is 6. The highest BCUT2D eigenvalue weighted by Gasteiger charge is 2.16. The van der Waals surface area contributed by atoms with E-state index in [1.807, 2.05) is 78.9 Å². The summed E-state index contributed by atoms with van der Waals surface area (Å²) in [7, 11) is 0. The van der Waals surface area contributed by atoms with Crippen LogP contribution in [0.2, 0.25) is 0 Å². The van der Waals surface area contributed by atoms with E-state index < -0.39 is 0 Å². The van der Waals surface area contributed by atoms with Gasteiger partial charge in [-0.15, -0.1) is 0 Å². The van der Waals surface area contributed by atoms with Crippen LogP contribution in [0.4, 0.5) is 0 Å². The molecule has 238 valence electrons. The molecule has 2 heterocycles. The van der Waals surface area contributed by atoms with Crippen molar-refractivity contribution in [3.05, 3.63) is 187 Å². The second kappa shape index (κ2) is 13.9. The molecule has 0 N–H and O–H groups in total. The maximum atomic E-state index is 5.15. The monoisotopic (exact) mass is 643 g/mol. The fourth-order valence-electron chi connectivity index (χ4n) is 6.16. The third-order valence-electron chi connectivity index (χ3n) is 8.64. The highest BCUT2D eigenvalue weighted by atomic mass is 15.0. The van der Waals surface area contributed by atoms with E-state index in [0.29, 0.717) is 29.7 Å². The summed E-state index contributed by atoms with van der Waals surface area (Å²) in [5.74, 6) is 2.64. The number of aryl methyl sites for hydroxylation is 1. The normalized spacial score (nSPS) is 11.0. The minimum Gasteiger partial charge on any atom is -0.228 e. The molecule has 0 aliphatic rings. The summed E-state index contributed by atoms with van der Waals surface area (Å²) in [6.45, 7) is 2.09. The Morgan fingerprint density at radius 2 is 0.840 bits per heavy atom. The largest absolute Gasteiger partial charge is 0.228 e. The molecule has 0 atom stereocenters. The predicted octanol–water partition coefficient (Wildman–Crippen LogP) is 10.6. The van der Waals surface area contributed by atoms with E-state index in [4.69, 9.17) is 24.9 Å². The molecule has 0 spiro atoms. The van der Waals surface area contributed by atoms with E-state index in [2.05, 4.69) is 97.9 Å². The Morgan fingerprint density at radius 1 is 0.360 bits per heavy atom. The van der Waals surface area contributed by atoms with Crippen molar-refractivity contribution in [2.75, 3.05) is 0 Å². The first-order chi connectivity index (χ1) is 24.7. The molecule has 6 aromatic carbocycles. The molecule has 50 heavy (non-hydrogen) atoms. The lowest BCUT2D eigenvalue weighted by molar-refractivity contribution is 1.07. The fourth-order valence-corrected chi connectivity index (χ4v) is 6.16. The van der Waals surface area contributed by atoms with Crippen LogP contribution < -0.4 is 0 Å². The average molecular weight is 644 g/mol. The van der Waals surface area contributed by atoms with Gasteiger partial charge in [-0.3, -0.25) is 0 Å². The Morgan fingerprint density at radius 3 is 1.48 bits per heavy atom. The van der Waals surface area contributed by atoms with E-state index in [1.165, 1.54) is 11.1 Å². The topological polar surface area (TPSA) is 64.5 Å². The summed E-state index contributed by atoms with van der Waals surface area (Å²) in [6, 6.07) is 57.9. The van der Waals surface area contributed by atoms with Crippen molar-refractivity contribution >= 4 is 0 Å². The maximum Gasteiger partial charge on any atom is 0.164 e. The average Bonchev–Trinajstić information content (AvgIpc) is 3.19. The minimum atomic E-state index is 0.638. The van der Waals surface area contributed by atoms with E-state index in [1.54, 1.807) is 0 Å². The van der Waals surface area contributed by atoms with Gasteiger partial charge in [-0.25, -0.2) is 24.9 Å². The van der Waals surface area contributed by atoms with Crippen molar-refractivity contribution in [2.24, 2.45) is 0 Å². The van der Waals surface area contributed by atoms with E-state index >= 15 is 0 Å². The molecule has 0 unspecified atom stereocenters. The Balaban J connectivity index is 1.19. The van der Waals surface area contributed by atoms with Crippen LogP contribution in [0.1, 0.15) is 16.7 Å². The molecule has 2 aromatic heterocycles. The quantitative estimate of drug-likeness (QED) is 0.165.